The predicted octanol–water partition coefficient (Wildman–Crippen LogP) is 3.69. The molecule has 0 saturated heterocycles. The van der Waals surface area contributed by atoms with Crippen molar-refractivity contribution in [3.63, 3.8) is 0 Å². The molecule has 0 spiro atoms. The lowest BCUT2D eigenvalue weighted by molar-refractivity contribution is 0.592. The molecule has 2 aromatic rings. The first-order valence-corrected chi connectivity index (χ1v) is 8.33. The molecule has 1 aliphatic heterocycles. The van der Waals surface area contributed by atoms with Gasteiger partial charge in [0.05, 0.1) is 5.02 Å². The Morgan fingerprint density at radius 3 is 2.67 bits per heavy atom. The van der Waals surface area contributed by atoms with Crippen LogP contribution in [0.2, 0.25) is 5.02 Å². The maximum atomic E-state index is 13.0. The number of rotatable bonds is 2. The molecule has 2 heterocycles. The van der Waals surface area contributed by atoms with E-state index in [2.05, 4.69) is 4.98 Å². The van der Waals surface area contributed by atoms with E-state index < -0.39 is 10.0 Å². The molecule has 0 saturated carbocycles. The fourth-order valence-corrected chi connectivity index (χ4v) is 4.63. The van der Waals surface area contributed by atoms with Crippen LogP contribution in [0.4, 0.5) is 5.82 Å². The monoisotopic (exact) mass is 320 g/mol. The maximum absolute atomic E-state index is 13.0. The fraction of sp³-hybridized carbons (Fsp3) is 0.133. The van der Waals surface area contributed by atoms with Gasteiger partial charge in [-0.25, -0.2) is 17.7 Å². The van der Waals surface area contributed by atoms with Crippen LogP contribution in [0.25, 0.3) is 6.08 Å². The number of fused-ring (bicyclic) bond motifs is 1. The van der Waals surface area contributed by atoms with Crippen LogP contribution >= 0.6 is 11.6 Å². The molecule has 21 heavy (non-hydrogen) atoms. The van der Waals surface area contributed by atoms with Crippen molar-refractivity contribution in [1.82, 2.24) is 4.98 Å². The smallest absolute Gasteiger partial charge is 0.238 e. The summed E-state index contributed by atoms with van der Waals surface area (Å²) in [4.78, 5) is 4.30. The van der Waals surface area contributed by atoms with Crippen molar-refractivity contribution < 1.29 is 8.42 Å². The highest BCUT2D eigenvalue weighted by molar-refractivity contribution is 7.93. The maximum Gasteiger partial charge on any atom is 0.271 e. The zero-order valence-electron chi connectivity index (χ0n) is 11.3. The molecule has 0 aliphatic carbocycles. The quantitative estimate of drug-likeness (QED) is 0.848. The summed E-state index contributed by atoms with van der Waals surface area (Å²) in [5, 5.41) is 0.222. The molecule has 108 valence electrons. The summed E-state index contributed by atoms with van der Waals surface area (Å²) >= 11 is 6.11. The molecule has 0 fully saturated rings. The van der Waals surface area contributed by atoms with Gasteiger partial charge in [-0.3, -0.25) is 0 Å². The van der Waals surface area contributed by atoms with Gasteiger partial charge in [-0.05, 0) is 36.3 Å². The van der Waals surface area contributed by atoms with Crippen molar-refractivity contribution in [1.29, 1.82) is 0 Å². The van der Waals surface area contributed by atoms with E-state index in [1.165, 1.54) is 4.31 Å². The van der Waals surface area contributed by atoms with Crippen molar-refractivity contribution in [2.24, 2.45) is 0 Å². The van der Waals surface area contributed by atoms with Gasteiger partial charge in [0.15, 0.2) is 0 Å². The number of aromatic nitrogens is 1. The molecule has 0 N–H and O–H groups in total. The summed E-state index contributed by atoms with van der Waals surface area (Å²) in [5.41, 5.74) is 1.29. The first kappa shape index (κ1) is 14.1. The van der Waals surface area contributed by atoms with Gasteiger partial charge in [-0.15, -0.1) is 0 Å². The van der Waals surface area contributed by atoms with Crippen LogP contribution in [0.5, 0.6) is 0 Å². The van der Waals surface area contributed by atoms with E-state index in [1.807, 2.05) is 13.0 Å². The Labute approximate surface area is 128 Å². The van der Waals surface area contributed by atoms with E-state index in [9.17, 15) is 8.42 Å². The molecule has 1 aromatic heterocycles. The molecule has 0 unspecified atom stereocenters. The normalized spacial score (nSPS) is 16.3. The number of benzene rings is 1. The molecular formula is C15H13ClN2O2S. The number of nitrogens with zero attached hydrogens (tertiary/aromatic N) is 2. The topological polar surface area (TPSA) is 50.3 Å². The molecule has 1 aromatic carbocycles. The molecule has 4 nitrogen and oxygen atoms in total. The van der Waals surface area contributed by atoms with Crippen molar-refractivity contribution in [3.05, 3.63) is 58.9 Å². The number of hydrogen-bond donors (Lipinski definition) is 0. The van der Waals surface area contributed by atoms with Crippen LogP contribution in [0.15, 0.2) is 53.2 Å². The van der Waals surface area contributed by atoms with Gasteiger partial charge in [0.25, 0.3) is 10.0 Å². The molecule has 0 amide bonds. The van der Waals surface area contributed by atoms with Gasteiger partial charge in [0, 0.05) is 11.9 Å². The van der Waals surface area contributed by atoms with Crippen molar-refractivity contribution in [2.45, 2.75) is 18.2 Å². The molecular weight excluding hydrogens is 308 g/mol. The minimum Gasteiger partial charge on any atom is -0.238 e. The number of anilines is 1. The largest absolute Gasteiger partial charge is 0.271 e. The SMILES string of the molecule is CCC1=Cc2cccc(Cl)c2S(=O)(=O)N1c1ccccn1. The lowest BCUT2D eigenvalue weighted by Crippen LogP contribution is -2.34. The average molecular weight is 321 g/mol. The second kappa shape index (κ2) is 5.16. The number of halogens is 1. The summed E-state index contributed by atoms with van der Waals surface area (Å²) in [6.07, 6.45) is 3.99. The number of hydrogen-bond acceptors (Lipinski definition) is 3. The zero-order chi connectivity index (χ0) is 15.0. The van der Waals surface area contributed by atoms with Gasteiger partial charge >= 0.3 is 0 Å². The van der Waals surface area contributed by atoms with E-state index in [1.54, 1.807) is 42.6 Å². The van der Waals surface area contributed by atoms with Gasteiger partial charge in [0.2, 0.25) is 0 Å². The van der Waals surface area contributed by atoms with Crippen molar-refractivity contribution >= 4 is 33.5 Å². The molecule has 6 heteroatoms. The third-order valence-electron chi connectivity index (χ3n) is 3.30. The number of allylic oxidation sites excluding steroid dienone is 1. The lowest BCUT2D eigenvalue weighted by atomic mass is 10.1. The first-order chi connectivity index (χ1) is 10.1. The van der Waals surface area contributed by atoms with Crippen LogP contribution < -0.4 is 4.31 Å². The average Bonchev–Trinajstić information content (AvgIpc) is 2.46. The Kier molecular flexibility index (Phi) is 3.47. The third kappa shape index (κ3) is 2.22. The second-order valence-corrected chi connectivity index (χ2v) is 6.74. The minimum absolute atomic E-state index is 0.134. The van der Waals surface area contributed by atoms with Crippen molar-refractivity contribution in [2.75, 3.05) is 4.31 Å². The van der Waals surface area contributed by atoms with Crippen LogP contribution in [-0.2, 0) is 10.0 Å². The molecule has 0 radical (unpaired) electrons. The number of sulfonamides is 1. The van der Waals surface area contributed by atoms with E-state index in [4.69, 9.17) is 11.6 Å². The van der Waals surface area contributed by atoms with Crippen LogP contribution in [0.3, 0.4) is 0 Å². The summed E-state index contributed by atoms with van der Waals surface area (Å²) in [6.45, 7) is 1.91. The molecule has 0 atom stereocenters. The Morgan fingerprint density at radius 1 is 1.19 bits per heavy atom. The molecule has 3 rings (SSSR count). The van der Waals surface area contributed by atoms with Gasteiger partial charge in [-0.2, -0.15) is 0 Å². The van der Waals surface area contributed by atoms with Gasteiger partial charge < -0.3 is 0 Å². The van der Waals surface area contributed by atoms with E-state index in [0.717, 1.165) is 0 Å². The van der Waals surface area contributed by atoms with E-state index >= 15 is 0 Å². The van der Waals surface area contributed by atoms with Crippen molar-refractivity contribution in [3.8, 4) is 0 Å². The molecule has 0 bridgehead atoms. The van der Waals surface area contributed by atoms with Crippen LogP contribution in [-0.4, -0.2) is 13.4 Å². The zero-order valence-corrected chi connectivity index (χ0v) is 12.9. The summed E-state index contributed by atoms with van der Waals surface area (Å²) in [5.74, 6) is 0.371. The Bertz CT molecular complexity index is 817. The number of pyridine rings is 1. The Balaban J connectivity index is 2.31. The molecule has 1 aliphatic rings. The minimum atomic E-state index is -3.76. The summed E-state index contributed by atoms with van der Waals surface area (Å²) in [7, 11) is -3.76. The van der Waals surface area contributed by atoms with Gasteiger partial charge in [0.1, 0.15) is 10.7 Å². The third-order valence-corrected chi connectivity index (χ3v) is 5.60. The summed E-state index contributed by atoms with van der Waals surface area (Å²) in [6, 6.07) is 10.3. The fourth-order valence-electron chi connectivity index (χ4n) is 2.38. The Morgan fingerprint density at radius 2 is 2.00 bits per heavy atom. The van der Waals surface area contributed by atoms with E-state index in [-0.39, 0.29) is 9.92 Å². The van der Waals surface area contributed by atoms with Crippen LogP contribution in [0, 0.1) is 0 Å². The standard InChI is InChI=1S/C15H13ClN2O2S/c1-2-12-10-11-6-5-7-13(16)15(11)21(19,20)18(12)14-8-3-4-9-17-14/h3-10H,2H2,1H3. The Hall–Kier alpha value is -1.85. The van der Waals surface area contributed by atoms with Gasteiger partial charge in [-0.1, -0.05) is 36.7 Å². The lowest BCUT2D eigenvalue weighted by Gasteiger charge is -2.30. The highest BCUT2D eigenvalue weighted by atomic mass is 35.5. The first-order valence-electron chi connectivity index (χ1n) is 6.51. The highest BCUT2D eigenvalue weighted by Crippen LogP contribution is 2.38. The van der Waals surface area contributed by atoms with E-state index in [0.29, 0.717) is 23.5 Å². The second-order valence-electron chi connectivity index (χ2n) is 4.60. The van der Waals surface area contributed by atoms with Crippen LogP contribution in [0.1, 0.15) is 18.9 Å². The predicted molar refractivity (Wildman–Crippen MR) is 83.6 cm³/mol. The summed E-state index contributed by atoms with van der Waals surface area (Å²) < 4.78 is 27.2. The highest BCUT2D eigenvalue weighted by Gasteiger charge is 2.35.